The van der Waals surface area contributed by atoms with Crippen molar-refractivity contribution in [3.8, 4) is 0 Å². The fraction of sp³-hybridized carbons (Fsp3) is 0.889. The van der Waals surface area contributed by atoms with Gasteiger partial charge in [-0.05, 0) is 6.42 Å². The molecule has 0 aromatic carbocycles. The van der Waals surface area contributed by atoms with Gasteiger partial charge in [-0.3, -0.25) is 4.99 Å². The van der Waals surface area contributed by atoms with Crippen molar-refractivity contribution >= 4 is 29.4 Å². The molecule has 1 fully saturated rings. The Hall–Kier alpha value is 0.170. The largest absolute Gasteiger partial charge is 0.371 e. The predicted octanol–water partition coefficient (Wildman–Crippen LogP) is 1.62. The molecule has 13 heavy (non-hydrogen) atoms. The van der Waals surface area contributed by atoms with Gasteiger partial charge in [0.05, 0.1) is 11.8 Å². The van der Waals surface area contributed by atoms with Crippen molar-refractivity contribution in [1.29, 1.82) is 0 Å². The summed E-state index contributed by atoms with van der Waals surface area (Å²) in [5, 5.41) is 4.83. The van der Waals surface area contributed by atoms with Gasteiger partial charge < -0.3 is 5.32 Å². The molecule has 2 atom stereocenters. The summed E-state index contributed by atoms with van der Waals surface area (Å²) >= 11 is 4.20. The summed E-state index contributed by atoms with van der Waals surface area (Å²) in [5.41, 5.74) is 0. The zero-order valence-electron chi connectivity index (χ0n) is 7.95. The predicted molar refractivity (Wildman–Crippen MR) is 63.1 cm³/mol. The molecular weight excluding hydrogens is 200 g/mol. The van der Waals surface area contributed by atoms with E-state index in [1.807, 2.05) is 0 Å². The SMILES string of the molecule is CCC1SCCSC1C1=NCCN1. The Morgan fingerprint density at radius 3 is 3.00 bits per heavy atom. The summed E-state index contributed by atoms with van der Waals surface area (Å²) in [7, 11) is 0. The second-order valence-corrected chi connectivity index (χ2v) is 5.90. The zero-order valence-corrected chi connectivity index (χ0v) is 9.59. The molecule has 1 N–H and O–H groups in total. The first-order valence-electron chi connectivity index (χ1n) is 4.93. The third kappa shape index (κ3) is 2.15. The maximum atomic E-state index is 4.53. The third-order valence-corrected chi connectivity index (χ3v) is 5.68. The number of thioether (sulfide) groups is 2. The van der Waals surface area contributed by atoms with E-state index >= 15 is 0 Å². The topological polar surface area (TPSA) is 24.4 Å². The summed E-state index contributed by atoms with van der Waals surface area (Å²) in [6.45, 7) is 4.31. The molecule has 2 aliphatic heterocycles. The highest BCUT2D eigenvalue weighted by Gasteiger charge is 2.30. The molecule has 2 unspecified atom stereocenters. The van der Waals surface area contributed by atoms with E-state index in [1.54, 1.807) is 0 Å². The van der Waals surface area contributed by atoms with E-state index in [9.17, 15) is 0 Å². The van der Waals surface area contributed by atoms with E-state index in [4.69, 9.17) is 0 Å². The Morgan fingerprint density at radius 2 is 2.31 bits per heavy atom. The van der Waals surface area contributed by atoms with Crippen LogP contribution in [-0.4, -0.2) is 40.9 Å². The summed E-state index contributed by atoms with van der Waals surface area (Å²) in [5.74, 6) is 3.86. The van der Waals surface area contributed by atoms with Crippen LogP contribution in [0.2, 0.25) is 0 Å². The van der Waals surface area contributed by atoms with E-state index in [0.29, 0.717) is 5.25 Å². The van der Waals surface area contributed by atoms with E-state index in [-0.39, 0.29) is 0 Å². The Balaban J connectivity index is 2.01. The number of hydrogen-bond acceptors (Lipinski definition) is 4. The standard InChI is InChI=1S/C9H16N2S2/c1-2-7-8(13-6-5-12-7)9-10-3-4-11-9/h7-8H,2-6H2,1H3,(H,10,11). The van der Waals surface area contributed by atoms with Gasteiger partial charge in [0.15, 0.2) is 0 Å². The molecule has 0 amide bonds. The maximum absolute atomic E-state index is 4.53. The number of hydrogen-bond donors (Lipinski definition) is 1. The van der Waals surface area contributed by atoms with Crippen molar-refractivity contribution < 1.29 is 0 Å². The van der Waals surface area contributed by atoms with Gasteiger partial charge in [-0.1, -0.05) is 6.92 Å². The summed E-state index contributed by atoms with van der Waals surface area (Å²) in [6.07, 6.45) is 1.27. The number of amidine groups is 1. The molecule has 4 heteroatoms. The lowest BCUT2D eigenvalue weighted by Crippen LogP contribution is -2.38. The number of rotatable bonds is 2. The molecule has 0 aliphatic carbocycles. The first-order chi connectivity index (χ1) is 6.42. The number of aliphatic imine (C=N–C) groups is 1. The first-order valence-corrected chi connectivity index (χ1v) is 7.03. The molecule has 0 saturated carbocycles. The van der Waals surface area contributed by atoms with E-state index in [1.165, 1.54) is 23.8 Å². The molecule has 74 valence electrons. The van der Waals surface area contributed by atoms with E-state index < -0.39 is 0 Å². The second kappa shape index (κ2) is 4.60. The quantitative estimate of drug-likeness (QED) is 0.759. The van der Waals surface area contributed by atoms with Gasteiger partial charge in [0.1, 0.15) is 5.84 Å². The minimum atomic E-state index is 0.645. The van der Waals surface area contributed by atoms with Crippen LogP contribution >= 0.6 is 23.5 Å². The molecule has 1 saturated heterocycles. The fourth-order valence-electron chi connectivity index (χ4n) is 1.76. The van der Waals surface area contributed by atoms with Gasteiger partial charge in [0, 0.05) is 23.3 Å². The van der Waals surface area contributed by atoms with E-state index in [2.05, 4.69) is 40.8 Å². The lowest BCUT2D eigenvalue weighted by atomic mass is 10.2. The number of nitrogens with zero attached hydrogens (tertiary/aromatic N) is 1. The minimum absolute atomic E-state index is 0.645. The average molecular weight is 216 g/mol. The highest BCUT2D eigenvalue weighted by molar-refractivity contribution is 8.07. The van der Waals surface area contributed by atoms with Crippen molar-refractivity contribution in [3.05, 3.63) is 0 Å². The Morgan fingerprint density at radius 1 is 1.46 bits per heavy atom. The molecule has 2 rings (SSSR count). The van der Waals surface area contributed by atoms with Crippen LogP contribution in [0.3, 0.4) is 0 Å². The van der Waals surface area contributed by atoms with Crippen molar-refractivity contribution in [2.45, 2.75) is 23.8 Å². The van der Waals surface area contributed by atoms with Crippen LogP contribution in [0.1, 0.15) is 13.3 Å². The van der Waals surface area contributed by atoms with Gasteiger partial charge in [0.2, 0.25) is 0 Å². The van der Waals surface area contributed by atoms with Crippen LogP contribution in [0.4, 0.5) is 0 Å². The summed E-state index contributed by atoms with van der Waals surface area (Å²) < 4.78 is 0. The van der Waals surface area contributed by atoms with Crippen molar-refractivity contribution in [2.75, 3.05) is 24.6 Å². The zero-order chi connectivity index (χ0) is 9.10. The van der Waals surface area contributed by atoms with Crippen LogP contribution in [0.5, 0.6) is 0 Å². The molecule has 0 spiro atoms. The molecule has 2 aliphatic rings. The van der Waals surface area contributed by atoms with Crippen LogP contribution in [0.15, 0.2) is 4.99 Å². The smallest absolute Gasteiger partial charge is 0.111 e. The maximum Gasteiger partial charge on any atom is 0.111 e. The van der Waals surface area contributed by atoms with Gasteiger partial charge in [-0.15, -0.1) is 11.8 Å². The van der Waals surface area contributed by atoms with Crippen LogP contribution in [0.25, 0.3) is 0 Å². The normalized spacial score (nSPS) is 34.1. The Bertz CT molecular complexity index is 206. The molecule has 0 aromatic heterocycles. The first kappa shape index (κ1) is 9.71. The van der Waals surface area contributed by atoms with Crippen LogP contribution in [-0.2, 0) is 0 Å². The van der Waals surface area contributed by atoms with Gasteiger partial charge in [-0.25, -0.2) is 0 Å². The van der Waals surface area contributed by atoms with E-state index in [0.717, 1.165) is 18.3 Å². The molecule has 0 bridgehead atoms. The lowest BCUT2D eigenvalue weighted by molar-refractivity contribution is 0.845. The molecule has 0 aromatic rings. The average Bonchev–Trinajstić information content (AvgIpc) is 2.70. The van der Waals surface area contributed by atoms with Gasteiger partial charge >= 0.3 is 0 Å². The van der Waals surface area contributed by atoms with Gasteiger partial charge in [0.25, 0.3) is 0 Å². The highest BCUT2D eigenvalue weighted by atomic mass is 32.2. The second-order valence-electron chi connectivity index (χ2n) is 3.30. The fourth-order valence-corrected chi connectivity index (χ4v) is 4.82. The van der Waals surface area contributed by atoms with Crippen molar-refractivity contribution in [1.82, 2.24) is 5.32 Å². The summed E-state index contributed by atoms with van der Waals surface area (Å²) in [6, 6.07) is 0. The molecule has 0 radical (unpaired) electrons. The van der Waals surface area contributed by atoms with Crippen LogP contribution < -0.4 is 5.32 Å². The minimum Gasteiger partial charge on any atom is -0.371 e. The highest BCUT2D eigenvalue weighted by Crippen LogP contribution is 2.33. The van der Waals surface area contributed by atoms with Gasteiger partial charge in [-0.2, -0.15) is 11.8 Å². The monoisotopic (exact) mass is 216 g/mol. The molecular formula is C9H16N2S2. The number of nitrogens with one attached hydrogen (secondary N) is 1. The molecule has 2 nitrogen and oxygen atoms in total. The third-order valence-electron chi connectivity index (χ3n) is 2.42. The van der Waals surface area contributed by atoms with Crippen molar-refractivity contribution in [2.24, 2.45) is 4.99 Å². The van der Waals surface area contributed by atoms with Crippen LogP contribution in [0, 0.1) is 0 Å². The lowest BCUT2D eigenvalue weighted by Gasteiger charge is -2.29. The summed E-state index contributed by atoms with van der Waals surface area (Å²) in [4.78, 5) is 4.53. The Kier molecular flexibility index (Phi) is 3.44. The van der Waals surface area contributed by atoms with Crippen molar-refractivity contribution in [3.63, 3.8) is 0 Å². The molecule has 2 heterocycles. The Labute approximate surface area is 88.3 Å².